The molecule has 10 heteroatoms. The molecule has 0 aliphatic heterocycles. The Balaban J connectivity index is 1.89. The van der Waals surface area contributed by atoms with Crippen LogP contribution in [0.5, 0.6) is 0 Å². The number of sulfonamides is 1. The molecule has 226 valence electrons. The number of anilines is 1. The molecule has 0 saturated carbocycles. The van der Waals surface area contributed by atoms with Gasteiger partial charge in [0.15, 0.2) is 0 Å². The highest BCUT2D eigenvalue weighted by molar-refractivity contribution is 7.92. The van der Waals surface area contributed by atoms with Crippen molar-refractivity contribution in [3.8, 4) is 0 Å². The number of nitrogens with zero attached hydrogens (tertiary/aromatic N) is 2. The fraction of sp³-hybridized carbons (Fsp3) is 0.375. The van der Waals surface area contributed by atoms with Gasteiger partial charge in [-0.05, 0) is 60.7 Å². The van der Waals surface area contributed by atoms with Crippen molar-refractivity contribution in [3.05, 3.63) is 99.5 Å². The fourth-order valence-corrected chi connectivity index (χ4v) is 6.14. The topological polar surface area (TPSA) is 86.8 Å². The van der Waals surface area contributed by atoms with E-state index in [1.807, 2.05) is 49.4 Å². The summed E-state index contributed by atoms with van der Waals surface area (Å²) in [5.74, 6) is -0.479. The minimum atomic E-state index is -3.64. The summed E-state index contributed by atoms with van der Waals surface area (Å²) >= 11 is 12.5. The fourth-order valence-electron chi connectivity index (χ4n) is 4.74. The third-order valence-corrected chi connectivity index (χ3v) is 8.83. The van der Waals surface area contributed by atoms with Crippen LogP contribution in [0.3, 0.4) is 0 Å². The van der Waals surface area contributed by atoms with E-state index >= 15 is 0 Å². The van der Waals surface area contributed by atoms with Crippen LogP contribution in [0.15, 0.2) is 72.8 Å². The van der Waals surface area contributed by atoms with Crippen molar-refractivity contribution in [2.24, 2.45) is 0 Å². The van der Waals surface area contributed by atoms with Gasteiger partial charge in [0.2, 0.25) is 21.8 Å². The molecule has 7 nitrogen and oxygen atoms in total. The lowest BCUT2D eigenvalue weighted by molar-refractivity contribution is -0.141. The molecule has 1 N–H and O–H groups in total. The van der Waals surface area contributed by atoms with Crippen LogP contribution >= 0.6 is 23.2 Å². The predicted molar refractivity (Wildman–Crippen MR) is 171 cm³/mol. The van der Waals surface area contributed by atoms with Crippen LogP contribution < -0.4 is 9.62 Å². The number of halogens is 2. The van der Waals surface area contributed by atoms with Crippen molar-refractivity contribution in [1.29, 1.82) is 0 Å². The molecule has 1 unspecified atom stereocenters. The molecule has 1 atom stereocenters. The van der Waals surface area contributed by atoms with Crippen molar-refractivity contribution in [2.45, 2.75) is 58.5 Å². The van der Waals surface area contributed by atoms with Gasteiger partial charge >= 0.3 is 0 Å². The van der Waals surface area contributed by atoms with Crippen LogP contribution in [0.1, 0.15) is 49.3 Å². The molecule has 0 aliphatic rings. The highest BCUT2D eigenvalue weighted by Crippen LogP contribution is 2.28. The third-order valence-electron chi connectivity index (χ3n) is 7.00. The van der Waals surface area contributed by atoms with Crippen LogP contribution in [0, 0.1) is 6.92 Å². The average molecular weight is 633 g/mol. The van der Waals surface area contributed by atoms with Crippen molar-refractivity contribution >= 4 is 50.7 Å². The van der Waals surface area contributed by atoms with E-state index in [-0.39, 0.29) is 37.7 Å². The van der Waals surface area contributed by atoms with E-state index in [0.29, 0.717) is 34.3 Å². The zero-order valence-electron chi connectivity index (χ0n) is 24.4. The highest BCUT2D eigenvalue weighted by Gasteiger charge is 2.30. The van der Waals surface area contributed by atoms with Crippen LogP contribution in [0.4, 0.5) is 5.69 Å². The summed E-state index contributed by atoms with van der Waals surface area (Å²) in [6.45, 7) is 4.60. The largest absolute Gasteiger partial charge is 0.354 e. The monoisotopic (exact) mass is 631 g/mol. The van der Waals surface area contributed by atoms with Crippen molar-refractivity contribution in [2.75, 3.05) is 23.7 Å². The maximum absolute atomic E-state index is 13.9. The zero-order chi connectivity index (χ0) is 30.7. The predicted octanol–water partition coefficient (Wildman–Crippen LogP) is 6.40. The number of carbonyl (C=O) groups is 2. The molecule has 0 aliphatic carbocycles. The Kier molecular flexibility index (Phi) is 12.7. The SMILES string of the molecule is CCCCNC(=O)C(Cc1ccccc1)N(Cc1cccc(Cl)c1)C(=O)CCCN(c1cccc(Cl)c1C)S(C)(=O)=O. The molecule has 0 saturated heterocycles. The Morgan fingerprint density at radius 3 is 2.29 bits per heavy atom. The molecule has 3 aromatic rings. The summed E-state index contributed by atoms with van der Waals surface area (Å²) in [6.07, 6.45) is 3.52. The van der Waals surface area contributed by atoms with Gasteiger partial charge in [-0.2, -0.15) is 0 Å². The van der Waals surface area contributed by atoms with Gasteiger partial charge in [0.05, 0.1) is 11.9 Å². The molecule has 42 heavy (non-hydrogen) atoms. The first-order valence-corrected chi connectivity index (χ1v) is 16.7. The second kappa shape index (κ2) is 16.0. The van der Waals surface area contributed by atoms with Crippen molar-refractivity contribution in [1.82, 2.24) is 10.2 Å². The normalized spacial score (nSPS) is 12.0. The number of benzene rings is 3. The van der Waals surface area contributed by atoms with Crippen molar-refractivity contribution < 1.29 is 18.0 Å². The first kappa shape index (κ1) is 33.4. The van der Waals surface area contributed by atoms with Crippen LogP contribution in [0.2, 0.25) is 10.0 Å². The molecular formula is C32H39Cl2N3O4S. The quantitative estimate of drug-likeness (QED) is 0.197. The van der Waals surface area contributed by atoms with E-state index in [2.05, 4.69) is 5.32 Å². The molecule has 3 rings (SSSR count). The van der Waals surface area contributed by atoms with Gasteiger partial charge in [-0.1, -0.05) is 85.1 Å². The van der Waals surface area contributed by atoms with Gasteiger partial charge in [-0.25, -0.2) is 8.42 Å². The lowest BCUT2D eigenvalue weighted by atomic mass is 10.0. The first-order chi connectivity index (χ1) is 20.0. The Labute approximate surface area is 259 Å². The lowest BCUT2D eigenvalue weighted by Crippen LogP contribution is -2.50. The Hall–Kier alpha value is -3.07. The summed E-state index contributed by atoms with van der Waals surface area (Å²) in [4.78, 5) is 29.1. The molecule has 0 spiro atoms. The Bertz CT molecular complexity index is 1450. The zero-order valence-corrected chi connectivity index (χ0v) is 26.7. The van der Waals surface area contributed by atoms with Gasteiger partial charge in [-0.3, -0.25) is 13.9 Å². The van der Waals surface area contributed by atoms with Crippen LogP contribution in [-0.4, -0.2) is 50.5 Å². The maximum atomic E-state index is 13.9. The van der Waals surface area contributed by atoms with E-state index in [1.54, 1.807) is 42.2 Å². The molecule has 0 bridgehead atoms. The summed E-state index contributed by atoms with van der Waals surface area (Å²) in [7, 11) is -3.64. The summed E-state index contributed by atoms with van der Waals surface area (Å²) in [5.41, 5.74) is 2.84. The second-order valence-corrected chi connectivity index (χ2v) is 13.1. The van der Waals surface area contributed by atoms with Gasteiger partial charge in [0.25, 0.3) is 0 Å². The number of nitrogens with one attached hydrogen (secondary N) is 1. The molecule has 0 radical (unpaired) electrons. The molecule has 0 heterocycles. The number of carbonyl (C=O) groups excluding carboxylic acids is 2. The summed E-state index contributed by atoms with van der Waals surface area (Å²) < 4.78 is 26.7. The lowest BCUT2D eigenvalue weighted by Gasteiger charge is -2.32. The molecular weight excluding hydrogens is 593 g/mol. The summed E-state index contributed by atoms with van der Waals surface area (Å²) in [6, 6.07) is 21.1. The summed E-state index contributed by atoms with van der Waals surface area (Å²) in [5, 5.41) is 4.00. The first-order valence-electron chi connectivity index (χ1n) is 14.1. The number of hydrogen-bond acceptors (Lipinski definition) is 4. The molecule has 0 aromatic heterocycles. The smallest absolute Gasteiger partial charge is 0.243 e. The highest BCUT2D eigenvalue weighted by atomic mass is 35.5. The standard InChI is InChI=1S/C32H39Cl2N3O4S/c1-4-5-19-35-32(39)30(22-25-12-7-6-8-13-25)36(23-26-14-9-15-27(33)21-26)31(38)18-11-20-37(42(3,40)41)29-17-10-16-28(34)24(29)2/h6-10,12-17,21,30H,4-5,11,18-20,22-23H2,1-3H3,(H,35,39). The number of unbranched alkanes of at least 4 members (excludes halogenated alkanes) is 1. The second-order valence-electron chi connectivity index (χ2n) is 10.3. The van der Waals surface area contributed by atoms with Gasteiger partial charge in [-0.15, -0.1) is 0 Å². The van der Waals surface area contributed by atoms with Gasteiger partial charge in [0, 0.05) is 42.5 Å². The van der Waals surface area contributed by atoms with E-state index in [4.69, 9.17) is 23.2 Å². The molecule has 0 fully saturated rings. The third kappa shape index (κ3) is 9.75. The number of amides is 2. The number of rotatable bonds is 15. The van der Waals surface area contributed by atoms with E-state index < -0.39 is 16.1 Å². The van der Waals surface area contributed by atoms with Crippen molar-refractivity contribution in [3.63, 3.8) is 0 Å². The minimum Gasteiger partial charge on any atom is -0.354 e. The Morgan fingerprint density at radius 1 is 0.929 bits per heavy atom. The Morgan fingerprint density at radius 2 is 1.62 bits per heavy atom. The van der Waals surface area contributed by atoms with Gasteiger partial charge in [0.1, 0.15) is 6.04 Å². The maximum Gasteiger partial charge on any atom is 0.243 e. The minimum absolute atomic E-state index is 0.0414. The van der Waals surface area contributed by atoms with E-state index in [0.717, 1.165) is 30.2 Å². The van der Waals surface area contributed by atoms with E-state index in [1.165, 1.54) is 4.31 Å². The number of hydrogen-bond donors (Lipinski definition) is 1. The van der Waals surface area contributed by atoms with Crippen LogP contribution in [0.25, 0.3) is 0 Å². The van der Waals surface area contributed by atoms with E-state index in [9.17, 15) is 18.0 Å². The van der Waals surface area contributed by atoms with Crippen LogP contribution in [-0.2, 0) is 32.6 Å². The average Bonchev–Trinajstić information content (AvgIpc) is 2.94. The van der Waals surface area contributed by atoms with Gasteiger partial charge < -0.3 is 10.2 Å². The molecule has 3 aromatic carbocycles. The molecule has 2 amide bonds.